The number of anilines is 1. The maximum Gasteiger partial charge on any atom is 0.299 e. The third kappa shape index (κ3) is 5.07. The summed E-state index contributed by atoms with van der Waals surface area (Å²) in [5, 5.41) is 14.0. The van der Waals surface area contributed by atoms with Gasteiger partial charge in [0.2, 0.25) is 5.91 Å². The summed E-state index contributed by atoms with van der Waals surface area (Å²) in [4.78, 5) is 27.6. The van der Waals surface area contributed by atoms with Crippen molar-refractivity contribution in [2.45, 2.75) is 32.2 Å². The highest BCUT2D eigenvalue weighted by molar-refractivity contribution is 14.1. The van der Waals surface area contributed by atoms with Crippen molar-refractivity contribution in [3.8, 4) is 22.9 Å². The van der Waals surface area contributed by atoms with Crippen LogP contribution in [0.5, 0.6) is 11.8 Å². The summed E-state index contributed by atoms with van der Waals surface area (Å²) in [7, 11) is 3.49. The summed E-state index contributed by atoms with van der Waals surface area (Å²) in [6.07, 6.45) is 1.03. The van der Waals surface area contributed by atoms with Gasteiger partial charge in [-0.3, -0.25) is 9.36 Å². The average molecular weight is 612 g/mol. The molecule has 5 rings (SSSR count). The van der Waals surface area contributed by atoms with E-state index in [1.807, 2.05) is 41.0 Å². The zero-order chi connectivity index (χ0) is 26.3. The zero-order valence-electron chi connectivity index (χ0n) is 21.2. The molecule has 0 aliphatic carbocycles. The second-order valence-electron chi connectivity index (χ2n) is 10.0. The van der Waals surface area contributed by atoms with Gasteiger partial charge in [-0.25, -0.2) is 9.97 Å². The van der Waals surface area contributed by atoms with E-state index in [4.69, 9.17) is 4.74 Å². The third-order valence-electron chi connectivity index (χ3n) is 6.47. The number of carbonyl (C=O) groups excluding carboxylic acids is 1. The minimum atomic E-state index is -0.224. The number of fused-ring (bicyclic) bond motifs is 3. The van der Waals surface area contributed by atoms with Gasteiger partial charge in [-0.1, -0.05) is 30.3 Å². The van der Waals surface area contributed by atoms with Crippen LogP contribution in [0.3, 0.4) is 0 Å². The molecular formula is C27H29IN6O3. The predicted octanol–water partition coefficient (Wildman–Crippen LogP) is 4.22. The van der Waals surface area contributed by atoms with Crippen molar-refractivity contribution in [2.75, 3.05) is 32.6 Å². The number of imidazole rings is 1. The molecule has 3 heterocycles. The van der Waals surface area contributed by atoms with E-state index < -0.39 is 0 Å². The number of halogens is 1. The average Bonchev–Trinajstić information content (AvgIpc) is 3.37. The first-order valence-electron chi connectivity index (χ1n) is 12.1. The van der Waals surface area contributed by atoms with Gasteiger partial charge in [0.25, 0.3) is 6.01 Å². The van der Waals surface area contributed by atoms with Crippen molar-refractivity contribution in [1.82, 2.24) is 24.4 Å². The number of likely N-dealkylation sites (N-methyl/N-ethyl adjacent to an activating group) is 1. The molecule has 0 spiro atoms. The summed E-state index contributed by atoms with van der Waals surface area (Å²) >= 11 is 2.12. The van der Waals surface area contributed by atoms with E-state index in [0.29, 0.717) is 47.2 Å². The summed E-state index contributed by atoms with van der Waals surface area (Å²) in [5.41, 5.74) is 4.81. The number of hydrogen-bond donors (Lipinski definition) is 2. The first kappa shape index (κ1) is 25.2. The first-order valence-corrected chi connectivity index (χ1v) is 13.1. The molecule has 192 valence electrons. The Morgan fingerprint density at radius 1 is 1.16 bits per heavy atom. The van der Waals surface area contributed by atoms with E-state index in [2.05, 4.69) is 56.7 Å². The molecule has 0 saturated carbocycles. The summed E-state index contributed by atoms with van der Waals surface area (Å²) in [6, 6.07) is 13.9. The van der Waals surface area contributed by atoms with Crippen LogP contribution in [-0.4, -0.2) is 62.7 Å². The number of phenols is 1. The fraction of sp³-hybridized carbons (Fsp3) is 0.333. The predicted molar refractivity (Wildman–Crippen MR) is 151 cm³/mol. The minimum Gasteiger partial charge on any atom is -0.507 e. The number of phenolic OH excluding ortho intramolecular Hbond substituents is 1. The Kier molecular flexibility index (Phi) is 6.69. The van der Waals surface area contributed by atoms with Crippen LogP contribution in [0.1, 0.15) is 25.0 Å². The number of nitrogens with one attached hydrogen (secondary N) is 1. The van der Waals surface area contributed by atoms with Crippen molar-refractivity contribution >= 4 is 45.5 Å². The van der Waals surface area contributed by atoms with Gasteiger partial charge >= 0.3 is 0 Å². The Labute approximate surface area is 229 Å². The molecule has 0 atom stereocenters. The molecule has 10 heteroatoms. The van der Waals surface area contributed by atoms with E-state index >= 15 is 0 Å². The second kappa shape index (κ2) is 9.81. The number of amides is 1. The van der Waals surface area contributed by atoms with E-state index in [1.165, 1.54) is 0 Å². The Hall–Kier alpha value is -3.41. The van der Waals surface area contributed by atoms with Crippen molar-refractivity contribution in [3.05, 3.63) is 57.4 Å². The highest BCUT2D eigenvalue weighted by Gasteiger charge is 2.36. The Morgan fingerprint density at radius 3 is 2.76 bits per heavy atom. The van der Waals surface area contributed by atoms with Crippen molar-refractivity contribution < 1.29 is 14.6 Å². The van der Waals surface area contributed by atoms with Gasteiger partial charge < -0.3 is 20.1 Å². The maximum absolute atomic E-state index is 12.1. The van der Waals surface area contributed by atoms with Gasteiger partial charge in [0, 0.05) is 48.8 Å². The van der Waals surface area contributed by atoms with Crippen LogP contribution in [0.2, 0.25) is 0 Å². The highest BCUT2D eigenvalue weighted by atomic mass is 127. The molecule has 0 fully saturated rings. The SMILES string of the molecule is CN(C)C(=O)Cc1cccc(-c2cc(CCNc3nc(I)nc4c3nc3n4C(C)(C)CO3)ccc2O)c1. The minimum absolute atomic E-state index is 0.0350. The number of nitrogens with zero attached hydrogens (tertiary/aromatic N) is 5. The Morgan fingerprint density at radius 2 is 1.97 bits per heavy atom. The standard InChI is InChI=1S/C27H29IN6O3/c1-27(2)15-37-26-30-22-23(31-25(28)32-24(22)34(26)27)29-11-10-16-8-9-20(35)19(13-16)18-7-5-6-17(12-18)14-21(36)33(3)4/h5-9,12-13,35H,10-11,14-15H2,1-4H3,(H,29,31,32). The molecule has 0 radical (unpaired) electrons. The number of aromatic hydroxyl groups is 1. The quantitative estimate of drug-likeness (QED) is 0.238. The van der Waals surface area contributed by atoms with Crippen molar-refractivity contribution in [2.24, 2.45) is 0 Å². The summed E-state index contributed by atoms with van der Waals surface area (Å²) < 4.78 is 8.45. The lowest BCUT2D eigenvalue weighted by Gasteiger charge is -2.18. The molecule has 0 saturated heterocycles. The van der Waals surface area contributed by atoms with E-state index in [-0.39, 0.29) is 17.2 Å². The molecule has 0 bridgehead atoms. The molecule has 37 heavy (non-hydrogen) atoms. The molecule has 1 aliphatic heterocycles. The molecule has 9 nitrogen and oxygen atoms in total. The lowest BCUT2D eigenvalue weighted by molar-refractivity contribution is -0.127. The van der Waals surface area contributed by atoms with E-state index in [1.54, 1.807) is 25.1 Å². The largest absolute Gasteiger partial charge is 0.507 e. The fourth-order valence-electron chi connectivity index (χ4n) is 4.46. The number of aromatic nitrogens is 4. The van der Waals surface area contributed by atoms with Crippen LogP contribution < -0.4 is 10.1 Å². The molecule has 2 aromatic carbocycles. The molecule has 1 amide bonds. The Bertz CT molecular complexity index is 1500. The second-order valence-corrected chi connectivity index (χ2v) is 11.0. The van der Waals surface area contributed by atoms with Gasteiger partial charge in [-0.15, -0.1) is 0 Å². The smallest absolute Gasteiger partial charge is 0.299 e. The lowest BCUT2D eigenvalue weighted by Crippen LogP contribution is -2.26. The number of ether oxygens (including phenoxy) is 1. The fourth-order valence-corrected chi connectivity index (χ4v) is 4.93. The van der Waals surface area contributed by atoms with Gasteiger partial charge in [0.05, 0.1) is 12.0 Å². The van der Waals surface area contributed by atoms with Gasteiger partial charge in [0.15, 0.2) is 20.8 Å². The van der Waals surface area contributed by atoms with Crippen LogP contribution in [0, 0.1) is 3.83 Å². The van der Waals surface area contributed by atoms with Crippen LogP contribution >= 0.6 is 22.6 Å². The first-order chi connectivity index (χ1) is 17.6. The topological polar surface area (TPSA) is 105 Å². The number of rotatable bonds is 7. The van der Waals surface area contributed by atoms with Crippen molar-refractivity contribution in [1.29, 1.82) is 0 Å². The molecule has 2 N–H and O–H groups in total. The summed E-state index contributed by atoms with van der Waals surface area (Å²) in [5.74, 6) is 0.913. The van der Waals surface area contributed by atoms with Gasteiger partial charge in [-0.2, -0.15) is 4.98 Å². The monoisotopic (exact) mass is 612 g/mol. The molecular weight excluding hydrogens is 583 g/mol. The Balaban J connectivity index is 1.34. The molecule has 0 unspecified atom stereocenters. The third-order valence-corrected chi connectivity index (χ3v) is 6.95. The van der Waals surface area contributed by atoms with E-state index in [9.17, 15) is 9.90 Å². The normalized spacial score (nSPS) is 13.9. The molecule has 2 aromatic heterocycles. The van der Waals surface area contributed by atoms with Gasteiger partial charge in [-0.05, 0) is 49.1 Å². The van der Waals surface area contributed by atoms with Crippen LogP contribution in [-0.2, 0) is 23.2 Å². The van der Waals surface area contributed by atoms with Crippen molar-refractivity contribution in [3.63, 3.8) is 0 Å². The number of benzene rings is 2. The molecule has 1 aliphatic rings. The molecule has 4 aromatic rings. The van der Waals surface area contributed by atoms with Crippen LogP contribution in [0.25, 0.3) is 22.3 Å². The van der Waals surface area contributed by atoms with Crippen LogP contribution in [0.4, 0.5) is 5.82 Å². The lowest BCUT2D eigenvalue weighted by atomic mass is 9.98. The number of carbonyl (C=O) groups is 1. The maximum atomic E-state index is 12.1. The van der Waals surface area contributed by atoms with E-state index in [0.717, 1.165) is 27.9 Å². The zero-order valence-corrected chi connectivity index (χ0v) is 23.4. The van der Waals surface area contributed by atoms with Gasteiger partial charge in [0.1, 0.15) is 12.4 Å². The summed E-state index contributed by atoms with van der Waals surface area (Å²) in [6.45, 7) is 5.39. The highest BCUT2D eigenvalue weighted by Crippen LogP contribution is 2.36. The van der Waals surface area contributed by atoms with Crippen LogP contribution in [0.15, 0.2) is 42.5 Å². The number of hydrogen-bond acceptors (Lipinski definition) is 7.